The summed E-state index contributed by atoms with van der Waals surface area (Å²) in [5, 5.41) is 0.0576. The minimum absolute atomic E-state index is 0.00362. The van der Waals surface area contributed by atoms with Gasteiger partial charge in [-0.15, -0.1) is 0 Å². The quantitative estimate of drug-likeness (QED) is 0.218. The van der Waals surface area contributed by atoms with Gasteiger partial charge in [0.05, 0.1) is 26.1 Å². The molecule has 2 heterocycles. The molecule has 0 amide bonds. The standard InChI is InChI=1S/C24H40N5O7PS2/c1-23(2,3)8-7-17(30)38-13-11-35-37(33,36-12-14-39-21(32)24(4,5)6)16-34-10-9-29-15-26-18-19(29)27-22(25)28-20(18)31/h15H,7-14,16H2,1-6H3,(H3,25,27,28,31). The van der Waals surface area contributed by atoms with Crippen molar-refractivity contribution in [2.24, 2.45) is 10.8 Å². The number of nitrogens with one attached hydrogen (secondary N) is 1. The van der Waals surface area contributed by atoms with Crippen molar-refractivity contribution in [3.8, 4) is 0 Å². The van der Waals surface area contributed by atoms with Gasteiger partial charge in [-0.05, 0) is 11.8 Å². The summed E-state index contributed by atoms with van der Waals surface area (Å²) in [7, 11) is -3.68. The number of nitrogen functional groups attached to an aromatic ring is 1. The Balaban J connectivity index is 1.89. The number of rotatable bonds is 15. The Kier molecular flexibility index (Phi) is 12.7. The number of imidazole rings is 1. The topological polar surface area (TPSA) is 168 Å². The third kappa shape index (κ3) is 12.1. The van der Waals surface area contributed by atoms with Gasteiger partial charge in [0.25, 0.3) is 5.56 Å². The molecule has 0 aliphatic heterocycles. The number of hydrogen-bond donors (Lipinski definition) is 2. The maximum absolute atomic E-state index is 13.4. The van der Waals surface area contributed by atoms with Gasteiger partial charge in [0, 0.05) is 29.9 Å². The molecule has 0 bridgehead atoms. The van der Waals surface area contributed by atoms with Gasteiger partial charge < -0.3 is 24.1 Å². The Hall–Kier alpha value is -1.70. The molecule has 3 N–H and O–H groups in total. The Labute approximate surface area is 237 Å². The van der Waals surface area contributed by atoms with Crippen LogP contribution in [-0.4, -0.2) is 67.4 Å². The van der Waals surface area contributed by atoms with Crippen LogP contribution in [0.5, 0.6) is 0 Å². The Morgan fingerprint density at radius 2 is 1.72 bits per heavy atom. The Morgan fingerprint density at radius 1 is 1.08 bits per heavy atom. The van der Waals surface area contributed by atoms with E-state index in [0.29, 0.717) is 23.6 Å². The highest BCUT2D eigenvalue weighted by Gasteiger charge is 2.27. The highest BCUT2D eigenvalue weighted by molar-refractivity contribution is 8.13. The molecule has 0 saturated carbocycles. The van der Waals surface area contributed by atoms with Crippen LogP contribution in [-0.2, 0) is 34.5 Å². The SMILES string of the molecule is CC(C)(C)CCC(=O)SCCOP(=O)(COCCn1cnc2c(=O)[nH]c(N)nc21)OCCSC(=O)C(C)(C)C. The molecular weight excluding hydrogens is 565 g/mol. The molecule has 2 aromatic rings. The predicted octanol–water partition coefficient (Wildman–Crippen LogP) is 4.29. The lowest BCUT2D eigenvalue weighted by molar-refractivity contribution is -0.117. The minimum Gasteiger partial charge on any atom is -0.369 e. The van der Waals surface area contributed by atoms with Crippen LogP contribution < -0.4 is 11.3 Å². The monoisotopic (exact) mass is 605 g/mol. The summed E-state index contributed by atoms with van der Waals surface area (Å²) < 4.78 is 31.7. The van der Waals surface area contributed by atoms with E-state index in [-0.39, 0.29) is 59.8 Å². The summed E-state index contributed by atoms with van der Waals surface area (Å²) in [5.74, 6) is 0.613. The van der Waals surface area contributed by atoms with Crippen LogP contribution in [0.1, 0.15) is 54.4 Å². The molecule has 2 rings (SSSR count). The maximum atomic E-state index is 13.4. The number of nitrogens with zero attached hydrogens (tertiary/aromatic N) is 3. The van der Waals surface area contributed by atoms with Gasteiger partial charge in [-0.1, -0.05) is 65.1 Å². The van der Waals surface area contributed by atoms with E-state index >= 15 is 0 Å². The first-order chi connectivity index (χ1) is 18.1. The first-order valence-electron chi connectivity index (χ1n) is 12.6. The van der Waals surface area contributed by atoms with Gasteiger partial charge in [0.2, 0.25) is 5.95 Å². The van der Waals surface area contributed by atoms with Crippen molar-refractivity contribution in [1.82, 2.24) is 19.5 Å². The van der Waals surface area contributed by atoms with E-state index in [1.807, 2.05) is 20.8 Å². The zero-order valence-corrected chi connectivity index (χ0v) is 26.0. The van der Waals surface area contributed by atoms with Crippen molar-refractivity contribution in [3.05, 3.63) is 16.7 Å². The summed E-state index contributed by atoms with van der Waals surface area (Å²) in [6.07, 6.45) is 2.36. The van der Waals surface area contributed by atoms with Crippen LogP contribution in [0.3, 0.4) is 0 Å². The Morgan fingerprint density at radius 3 is 2.33 bits per heavy atom. The molecule has 1 atom stereocenters. The van der Waals surface area contributed by atoms with Crippen LogP contribution in [0.25, 0.3) is 11.2 Å². The number of carbonyl (C=O) groups excluding carboxylic acids is 2. The first kappa shape index (κ1) is 33.5. The third-order valence-electron chi connectivity index (χ3n) is 5.15. The second-order valence-electron chi connectivity index (χ2n) is 11.0. The molecule has 0 spiro atoms. The summed E-state index contributed by atoms with van der Waals surface area (Å²) in [6.45, 7) is 12.2. The van der Waals surface area contributed by atoms with Gasteiger partial charge >= 0.3 is 7.60 Å². The molecule has 0 aliphatic carbocycles. The van der Waals surface area contributed by atoms with Crippen molar-refractivity contribution in [1.29, 1.82) is 0 Å². The lowest BCUT2D eigenvalue weighted by Gasteiger charge is -2.20. The summed E-state index contributed by atoms with van der Waals surface area (Å²) in [5.41, 5.74) is 5.22. The number of fused-ring (bicyclic) bond motifs is 1. The summed E-state index contributed by atoms with van der Waals surface area (Å²) >= 11 is 2.25. The zero-order chi connectivity index (χ0) is 29.3. The van der Waals surface area contributed by atoms with Gasteiger partial charge in [-0.3, -0.25) is 23.9 Å². The van der Waals surface area contributed by atoms with E-state index in [0.717, 1.165) is 29.9 Å². The molecule has 0 fully saturated rings. The van der Waals surface area contributed by atoms with E-state index in [2.05, 4.69) is 35.7 Å². The molecule has 39 heavy (non-hydrogen) atoms. The van der Waals surface area contributed by atoms with Crippen LogP contribution >= 0.6 is 31.1 Å². The molecule has 0 aliphatic rings. The van der Waals surface area contributed by atoms with E-state index in [1.165, 1.54) is 6.33 Å². The third-order valence-corrected chi connectivity index (χ3v) is 8.94. The number of thioether (sulfide) groups is 2. The number of hydrogen-bond acceptors (Lipinski definition) is 12. The number of aromatic amines is 1. The van der Waals surface area contributed by atoms with Gasteiger partial charge in [0.1, 0.15) is 6.35 Å². The van der Waals surface area contributed by atoms with Crippen LogP contribution in [0.2, 0.25) is 0 Å². The Bertz CT molecular complexity index is 1220. The van der Waals surface area contributed by atoms with Gasteiger partial charge in [-0.2, -0.15) is 4.98 Å². The molecular formula is C24H40N5O7PS2. The number of H-pyrrole nitrogens is 1. The second-order valence-corrected chi connectivity index (χ2v) is 15.3. The van der Waals surface area contributed by atoms with Crippen LogP contribution in [0.4, 0.5) is 5.95 Å². The van der Waals surface area contributed by atoms with Crippen LogP contribution in [0, 0.1) is 10.8 Å². The average Bonchev–Trinajstić information content (AvgIpc) is 3.23. The number of nitrogens with two attached hydrogens (primary N) is 1. The maximum Gasteiger partial charge on any atom is 0.356 e. The fourth-order valence-corrected chi connectivity index (χ4v) is 5.98. The smallest absolute Gasteiger partial charge is 0.356 e. The van der Waals surface area contributed by atoms with E-state index in [1.54, 1.807) is 4.57 Å². The first-order valence-corrected chi connectivity index (χ1v) is 16.3. The average molecular weight is 606 g/mol. The fraction of sp³-hybridized carbons (Fsp3) is 0.708. The minimum atomic E-state index is -3.68. The van der Waals surface area contributed by atoms with E-state index < -0.39 is 18.6 Å². The highest BCUT2D eigenvalue weighted by atomic mass is 32.2. The van der Waals surface area contributed by atoms with Gasteiger partial charge in [0.15, 0.2) is 21.4 Å². The number of carbonyl (C=O) groups is 2. The lowest BCUT2D eigenvalue weighted by atomic mass is 9.91. The molecule has 0 radical (unpaired) electrons. The number of aromatic nitrogens is 4. The van der Waals surface area contributed by atoms with Crippen molar-refractivity contribution in [2.45, 2.75) is 60.9 Å². The van der Waals surface area contributed by atoms with Crippen molar-refractivity contribution in [2.75, 3.05) is 43.4 Å². The molecule has 12 nitrogen and oxygen atoms in total. The molecule has 1 unspecified atom stereocenters. The molecule has 0 saturated heterocycles. The van der Waals surface area contributed by atoms with Crippen molar-refractivity contribution in [3.63, 3.8) is 0 Å². The summed E-state index contributed by atoms with van der Waals surface area (Å²) in [4.78, 5) is 46.7. The second kappa shape index (κ2) is 14.8. The van der Waals surface area contributed by atoms with E-state index in [4.69, 9.17) is 19.5 Å². The zero-order valence-electron chi connectivity index (χ0n) is 23.5. The molecule has 2 aromatic heterocycles. The van der Waals surface area contributed by atoms with E-state index in [9.17, 15) is 18.9 Å². The van der Waals surface area contributed by atoms with Crippen molar-refractivity contribution >= 4 is 58.5 Å². The largest absolute Gasteiger partial charge is 0.369 e. The van der Waals surface area contributed by atoms with Gasteiger partial charge in [-0.25, -0.2) is 4.98 Å². The predicted molar refractivity (Wildman–Crippen MR) is 156 cm³/mol. The lowest BCUT2D eigenvalue weighted by Crippen LogP contribution is -2.17. The summed E-state index contributed by atoms with van der Waals surface area (Å²) in [6, 6.07) is 0. The highest BCUT2D eigenvalue weighted by Crippen LogP contribution is 2.48. The van der Waals surface area contributed by atoms with Crippen LogP contribution in [0.15, 0.2) is 11.1 Å². The van der Waals surface area contributed by atoms with Crippen molar-refractivity contribution < 1.29 is 27.9 Å². The molecule has 220 valence electrons. The molecule has 15 heteroatoms. The number of ether oxygens (including phenoxy) is 1. The fourth-order valence-electron chi connectivity index (χ4n) is 2.99. The number of anilines is 1. The molecule has 0 aromatic carbocycles. The normalized spacial score (nSPS) is 14.0.